The Morgan fingerprint density at radius 2 is 2.29 bits per heavy atom. The van der Waals surface area contributed by atoms with Crippen LogP contribution in [0, 0.1) is 5.82 Å². The van der Waals surface area contributed by atoms with E-state index in [9.17, 15) is 9.50 Å². The van der Waals surface area contributed by atoms with E-state index < -0.39 is 6.10 Å². The lowest BCUT2D eigenvalue weighted by atomic mass is 9.95. The van der Waals surface area contributed by atoms with E-state index in [0.29, 0.717) is 6.42 Å². The van der Waals surface area contributed by atoms with Crippen LogP contribution >= 0.6 is 15.9 Å². The second-order valence-electron chi connectivity index (χ2n) is 4.56. The first-order chi connectivity index (χ1) is 8.16. The van der Waals surface area contributed by atoms with Gasteiger partial charge in [-0.05, 0) is 37.1 Å². The summed E-state index contributed by atoms with van der Waals surface area (Å²) in [7, 11) is 0. The fourth-order valence-corrected chi connectivity index (χ4v) is 2.77. The maximum absolute atomic E-state index is 12.9. The lowest BCUT2D eigenvalue weighted by Gasteiger charge is -2.28. The molecule has 2 nitrogen and oxygen atoms in total. The van der Waals surface area contributed by atoms with Crippen LogP contribution in [0.2, 0.25) is 0 Å². The number of rotatable bonds is 3. The van der Waals surface area contributed by atoms with E-state index in [2.05, 4.69) is 21.2 Å². The van der Waals surface area contributed by atoms with Crippen LogP contribution < -0.4 is 5.32 Å². The van der Waals surface area contributed by atoms with Crippen LogP contribution in [0.5, 0.6) is 0 Å². The molecule has 1 heterocycles. The molecule has 0 saturated carbocycles. The maximum atomic E-state index is 12.9. The van der Waals surface area contributed by atoms with Crippen LogP contribution in [-0.2, 0) is 6.42 Å². The highest BCUT2D eigenvalue weighted by Gasteiger charge is 2.21. The van der Waals surface area contributed by atoms with Crippen molar-refractivity contribution in [1.82, 2.24) is 5.32 Å². The normalized spacial score (nSPS) is 22.4. The topological polar surface area (TPSA) is 32.3 Å². The molecule has 1 aliphatic rings. The first-order valence-corrected chi connectivity index (χ1v) is 6.81. The molecule has 0 aromatic heterocycles. The van der Waals surface area contributed by atoms with Gasteiger partial charge in [0.25, 0.3) is 0 Å². The smallest absolute Gasteiger partial charge is 0.124 e. The molecule has 0 bridgehead atoms. The highest BCUT2D eigenvalue weighted by atomic mass is 79.9. The Balaban J connectivity index is 1.99. The summed E-state index contributed by atoms with van der Waals surface area (Å²) >= 11 is 3.33. The van der Waals surface area contributed by atoms with Gasteiger partial charge in [-0.1, -0.05) is 28.4 Å². The fraction of sp³-hybridized carbons (Fsp3) is 0.538. The van der Waals surface area contributed by atoms with Crippen LogP contribution in [-0.4, -0.2) is 23.8 Å². The van der Waals surface area contributed by atoms with Crippen molar-refractivity contribution < 1.29 is 9.50 Å². The Kier molecular flexibility index (Phi) is 4.54. The van der Waals surface area contributed by atoms with Gasteiger partial charge in [-0.25, -0.2) is 4.39 Å². The standard InChI is InChI=1S/C13H17BrFNO/c14-11-8-10(15)5-4-9(11)7-13(17)12-3-1-2-6-16-12/h4-5,8,12-13,16-17H,1-3,6-7H2. The predicted molar refractivity (Wildman–Crippen MR) is 69.5 cm³/mol. The molecule has 1 saturated heterocycles. The number of piperidine rings is 1. The van der Waals surface area contributed by atoms with Crippen molar-refractivity contribution in [1.29, 1.82) is 0 Å². The Labute approximate surface area is 109 Å². The molecule has 1 aliphatic heterocycles. The molecule has 2 atom stereocenters. The van der Waals surface area contributed by atoms with Gasteiger partial charge in [-0.3, -0.25) is 0 Å². The van der Waals surface area contributed by atoms with Crippen molar-refractivity contribution in [2.24, 2.45) is 0 Å². The van der Waals surface area contributed by atoms with Crippen molar-refractivity contribution in [3.63, 3.8) is 0 Å². The molecule has 1 aromatic carbocycles. The number of nitrogens with one attached hydrogen (secondary N) is 1. The minimum absolute atomic E-state index is 0.167. The second-order valence-corrected chi connectivity index (χ2v) is 5.42. The van der Waals surface area contributed by atoms with Gasteiger partial charge in [-0.2, -0.15) is 0 Å². The molecule has 2 unspecified atom stereocenters. The third kappa shape index (κ3) is 3.50. The van der Waals surface area contributed by atoms with Crippen molar-refractivity contribution in [3.05, 3.63) is 34.1 Å². The third-order valence-electron chi connectivity index (χ3n) is 3.26. The molecule has 1 fully saturated rings. The molecular weight excluding hydrogens is 285 g/mol. The molecule has 94 valence electrons. The van der Waals surface area contributed by atoms with E-state index >= 15 is 0 Å². The van der Waals surface area contributed by atoms with E-state index in [4.69, 9.17) is 0 Å². The average molecular weight is 302 g/mol. The van der Waals surface area contributed by atoms with Crippen molar-refractivity contribution in [3.8, 4) is 0 Å². The largest absolute Gasteiger partial charge is 0.391 e. The number of aliphatic hydroxyl groups is 1. The number of hydrogen-bond acceptors (Lipinski definition) is 2. The van der Waals surface area contributed by atoms with Gasteiger partial charge < -0.3 is 10.4 Å². The molecule has 2 N–H and O–H groups in total. The quantitative estimate of drug-likeness (QED) is 0.899. The van der Waals surface area contributed by atoms with Crippen molar-refractivity contribution in [2.45, 2.75) is 37.8 Å². The van der Waals surface area contributed by atoms with Gasteiger partial charge in [0.2, 0.25) is 0 Å². The maximum Gasteiger partial charge on any atom is 0.124 e. The first kappa shape index (κ1) is 13.0. The van der Waals surface area contributed by atoms with Crippen LogP contribution in [0.4, 0.5) is 4.39 Å². The summed E-state index contributed by atoms with van der Waals surface area (Å²) in [6.45, 7) is 0.978. The summed E-state index contributed by atoms with van der Waals surface area (Å²) in [5.41, 5.74) is 0.950. The fourth-order valence-electron chi connectivity index (χ4n) is 2.26. The zero-order chi connectivity index (χ0) is 12.3. The van der Waals surface area contributed by atoms with Gasteiger partial charge in [0.05, 0.1) is 6.10 Å². The van der Waals surface area contributed by atoms with Gasteiger partial charge >= 0.3 is 0 Å². The zero-order valence-electron chi connectivity index (χ0n) is 9.63. The highest BCUT2D eigenvalue weighted by Crippen LogP contribution is 2.21. The summed E-state index contributed by atoms with van der Waals surface area (Å²) < 4.78 is 13.7. The van der Waals surface area contributed by atoms with E-state index in [1.807, 2.05) is 0 Å². The number of halogens is 2. The van der Waals surface area contributed by atoms with E-state index in [0.717, 1.165) is 23.0 Å². The Morgan fingerprint density at radius 3 is 2.94 bits per heavy atom. The van der Waals surface area contributed by atoms with Gasteiger partial charge in [0.15, 0.2) is 0 Å². The lowest BCUT2D eigenvalue weighted by molar-refractivity contribution is 0.113. The molecular formula is C13H17BrFNO. The summed E-state index contributed by atoms with van der Waals surface area (Å²) in [6.07, 6.45) is 3.51. The third-order valence-corrected chi connectivity index (χ3v) is 4.00. The van der Waals surface area contributed by atoms with E-state index in [1.165, 1.54) is 25.0 Å². The molecule has 0 amide bonds. The summed E-state index contributed by atoms with van der Waals surface area (Å²) in [4.78, 5) is 0. The Morgan fingerprint density at radius 1 is 1.47 bits per heavy atom. The summed E-state index contributed by atoms with van der Waals surface area (Å²) in [5.74, 6) is -0.258. The van der Waals surface area contributed by atoms with Crippen LogP contribution in [0.25, 0.3) is 0 Å². The lowest BCUT2D eigenvalue weighted by Crippen LogP contribution is -2.44. The molecule has 0 spiro atoms. The van der Waals surface area contributed by atoms with Crippen molar-refractivity contribution in [2.75, 3.05) is 6.54 Å². The minimum Gasteiger partial charge on any atom is -0.391 e. The van der Waals surface area contributed by atoms with Gasteiger partial charge in [0.1, 0.15) is 5.82 Å². The second kappa shape index (κ2) is 5.94. The molecule has 17 heavy (non-hydrogen) atoms. The SMILES string of the molecule is OC(Cc1ccc(F)cc1Br)C1CCCCN1. The van der Waals surface area contributed by atoms with Crippen LogP contribution in [0.3, 0.4) is 0 Å². The number of benzene rings is 1. The van der Waals surface area contributed by atoms with E-state index in [-0.39, 0.29) is 11.9 Å². The summed E-state index contributed by atoms with van der Waals surface area (Å²) in [5, 5.41) is 13.5. The van der Waals surface area contributed by atoms with Gasteiger partial charge in [-0.15, -0.1) is 0 Å². The minimum atomic E-state index is -0.405. The molecule has 0 aliphatic carbocycles. The Hall–Kier alpha value is -0.450. The van der Waals surface area contributed by atoms with Crippen LogP contribution in [0.15, 0.2) is 22.7 Å². The summed E-state index contributed by atoms with van der Waals surface area (Å²) in [6, 6.07) is 4.77. The molecule has 2 rings (SSSR count). The number of hydrogen-bond donors (Lipinski definition) is 2. The van der Waals surface area contributed by atoms with Crippen LogP contribution in [0.1, 0.15) is 24.8 Å². The first-order valence-electron chi connectivity index (χ1n) is 6.02. The average Bonchev–Trinajstić information content (AvgIpc) is 2.34. The monoisotopic (exact) mass is 301 g/mol. The highest BCUT2D eigenvalue weighted by molar-refractivity contribution is 9.10. The van der Waals surface area contributed by atoms with Crippen molar-refractivity contribution >= 4 is 15.9 Å². The van der Waals surface area contributed by atoms with E-state index in [1.54, 1.807) is 6.07 Å². The zero-order valence-corrected chi connectivity index (χ0v) is 11.2. The molecule has 1 aromatic rings. The Bertz CT molecular complexity index is 380. The molecule has 0 radical (unpaired) electrons. The van der Waals surface area contributed by atoms with Gasteiger partial charge in [0, 0.05) is 16.9 Å². The number of aliphatic hydroxyl groups excluding tert-OH is 1. The molecule has 4 heteroatoms. The predicted octanol–water partition coefficient (Wildman–Crippen LogP) is 2.63.